The van der Waals surface area contributed by atoms with Crippen molar-refractivity contribution in [2.24, 2.45) is 13.0 Å². The first-order valence-corrected chi connectivity index (χ1v) is 8.02. The average Bonchev–Trinajstić information content (AvgIpc) is 3.10. The van der Waals surface area contributed by atoms with Gasteiger partial charge >= 0.3 is 6.18 Å². The molecule has 0 spiro atoms. The lowest BCUT2D eigenvalue weighted by Crippen LogP contribution is -2.26. The summed E-state index contributed by atoms with van der Waals surface area (Å²) in [5.74, 6) is 0.129. The molecule has 0 aliphatic heterocycles. The Balaban J connectivity index is 2.33. The molecule has 3 N–H and O–H groups in total. The molecule has 7 nitrogen and oxygen atoms in total. The molecule has 0 radical (unpaired) electrons. The Hall–Kier alpha value is -2.78. The zero-order chi connectivity index (χ0) is 19.4. The maximum Gasteiger partial charge on any atom is 0.433 e. The number of nitrogens with two attached hydrogens (primary N) is 1. The predicted octanol–water partition coefficient (Wildman–Crippen LogP) is 2.94. The van der Waals surface area contributed by atoms with Gasteiger partial charge in [-0.25, -0.2) is 0 Å². The van der Waals surface area contributed by atoms with Gasteiger partial charge in [-0.15, -0.1) is 0 Å². The Morgan fingerprint density at radius 2 is 1.92 bits per heavy atom. The van der Waals surface area contributed by atoms with Gasteiger partial charge in [0.1, 0.15) is 11.1 Å². The minimum atomic E-state index is -4.54. The molecule has 0 bridgehead atoms. The summed E-state index contributed by atoms with van der Waals surface area (Å²) in [7, 11) is 1.22. The van der Waals surface area contributed by atoms with Crippen LogP contribution in [0.15, 0.2) is 17.1 Å². The fourth-order valence-corrected chi connectivity index (χ4v) is 2.84. The van der Waals surface area contributed by atoms with Crippen LogP contribution in [0.5, 0.6) is 0 Å². The minimum Gasteiger partial charge on any atom is -0.382 e. The molecule has 26 heavy (non-hydrogen) atoms. The van der Waals surface area contributed by atoms with E-state index in [1.807, 2.05) is 20.8 Å². The maximum absolute atomic E-state index is 13.1. The summed E-state index contributed by atoms with van der Waals surface area (Å²) < 4.78 is 41.6. The molecule has 0 amide bonds. The van der Waals surface area contributed by atoms with Crippen LogP contribution in [0.4, 0.5) is 19.0 Å². The number of aryl methyl sites for hydroxylation is 1. The Kier molecular flexibility index (Phi) is 4.08. The molecule has 3 aromatic rings. The molecule has 0 aliphatic rings. The van der Waals surface area contributed by atoms with Gasteiger partial charge in [-0.05, 0) is 18.9 Å². The number of fused-ring (bicyclic) bond motifs is 1. The van der Waals surface area contributed by atoms with Gasteiger partial charge in [0, 0.05) is 24.8 Å². The van der Waals surface area contributed by atoms with E-state index in [1.165, 1.54) is 17.8 Å². The fraction of sp³-hybridized carbons (Fsp3) is 0.438. The van der Waals surface area contributed by atoms with Crippen molar-refractivity contribution in [3.05, 3.63) is 28.3 Å². The monoisotopic (exact) mass is 368 g/mol. The minimum absolute atomic E-state index is 0.00327. The van der Waals surface area contributed by atoms with Crippen LogP contribution in [0.25, 0.3) is 22.2 Å². The van der Waals surface area contributed by atoms with Crippen molar-refractivity contribution < 1.29 is 13.2 Å². The second kappa shape index (κ2) is 5.89. The lowest BCUT2D eigenvalue weighted by molar-refractivity contribution is -0.143. The first-order chi connectivity index (χ1) is 12.0. The zero-order valence-electron chi connectivity index (χ0n) is 14.7. The van der Waals surface area contributed by atoms with Gasteiger partial charge < -0.3 is 10.3 Å². The second-order valence-corrected chi connectivity index (χ2v) is 6.63. The van der Waals surface area contributed by atoms with Crippen LogP contribution >= 0.6 is 0 Å². The molecule has 0 saturated carbocycles. The largest absolute Gasteiger partial charge is 0.433 e. The molecule has 1 unspecified atom stereocenters. The third-order valence-electron chi connectivity index (χ3n) is 4.63. The van der Waals surface area contributed by atoms with E-state index in [1.54, 1.807) is 0 Å². The van der Waals surface area contributed by atoms with Crippen molar-refractivity contribution in [3.63, 3.8) is 0 Å². The molecule has 140 valence electrons. The Morgan fingerprint density at radius 3 is 2.46 bits per heavy atom. The molecule has 1 atom stereocenters. The lowest BCUT2D eigenvalue weighted by Gasteiger charge is -2.20. The molecular weight excluding hydrogens is 349 g/mol. The van der Waals surface area contributed by atoms with Gasteiger partial charge in [0.25, 0.3) is 5.56 Å². The van der Waals surface area contributed by atoms with E-state index in [0.717, 1.165) is 10.7 Å². The quantitative estimate of drug-likeness (QED) is 0.743. The highest BCUT2D eigenvalue weighted by molar-refractivity contribution is 5.97. The lowest BCUT2D eigenvalue weighted by atomic mass is 10.0. The van der Waals surface area contributed by atoms with E-state index in [4.69, 9.17) is 5.73 Å². The highest BCUT2D eigenvalue weighted by atomic mass is 19.4. The van der Waals surface area contributed by atoms with Crippen LogP contribution in [0, 0.1) is 5.92 Å². The van der Waals surface area contributed by atoms with Crippen molar-refractivity contribution in [3.8, 4) is 11.3 Å². The molecule has 3 aromatic heterocycles. The molecule has 0 aliphatic carbocycles. The first kappa shape index (κ1) is 18.0. The summed E-state index contributed by atoms with van der Waals surface area (Å²) >= 11 is 0. The zero-order valence-corrected chi connectivity index (χ0v) is 14.7. The Bertz CT molecular complexity index is 1030. The number of hydrogen-bond donors (Lipinski definition) is 2. The molecular formula is C16H19F3N6O. The highest BCUT2D eigenvalue weighted by Gasteiger charge is 2.35. The number of nitrogen functional groups attached to an aromatic ring is 1. The van der Waals surface area contributed by atoms with Crippen LogP contribution < -0.4 is 11.3 Å². The average molecular weight is 368 g/mol. The number of rotatable bonds is 3. The van der Waals surface area contributed by atoms with E-state index in [-0.39, 0.29) is 39.9 Å². The first-order valence-electron chi connectivity index (χ1n) is 8.02. The third kappa shape index (κ3) is 2.74. The molecule has 3 heterocycles. The van der Waals surface area contributed by atoms with Gasteiger partial charge in [0.15, 0.2) is 5.82 Å². The SMILES string of the molecule is CC(C)C(C)n1cc(-c2cc(C(F)(F)F)n(C)n2)c2[nH]nc(N)c2c1=O. The number of nitrogens with zero attached hydrogens (tertiary/aromatic N) is 4. The van der Waals surface area contributed by atoms with Crippen LogP contribution in [0.3, 0.4) is 0 Å². The second-order valence-electron chi connectivity index (χ2n) is 6.63. The van der Waals surface area contributed by atoms with Crippen LogP contribution in [-0.4, -0.2) is 24.5 Å². The van der Waals surface area contributed by atoms with Gasteiger partial charge in [0.2, 0.25) is 0 Å². The number of nitrogens with one attached hydrogen (secondary N) is 1. The summed E-state index contributed by atoms with van der Waals surface area (Å²) in [6.07, 6.45) is -3.03. The van der Waals surface area contributed by atoms with E-state index in [9.17, 15) is 18.0 Å². The number of alkyl halides is 3. The van der Waals surface area contributed by atoms with Crippen molar-refractivity contribution in [1.29, 1.82) is 0 Å². The summed E-state index contributed by atoms with van der Waals surface area (Å²) in [4.78, 5) is 12.8. The summed E-state index contributed by atoms with van der Waals surface area (Å²) in [5.41, 5.74) is 5.27. The van der Waals surface area contributed by atoms with E-state index in [2.05, 4.69) is 15.3 Å². The number of H-pyrrole nitrogens is 1. The summed E-state index contributed by atoms with van der Waals surface area (Å²) in [5, 5.41) is 10.6. The molecule has 3 rings (SSSR count). The normalized spacial score (nSPS) is 13.7. The van der Waals surface area contributed by atoms with Gasteiger partial charge in [-0.1, -0.05) is 13.8 Å². The highest BCUT2D eigenvalue weighted by Crippen LogP contribution is 2.34. The van der Waals surface area contributed by atoms with E-state index in [0.29, 0.717) is 5.56 Å². The van der Waals surface area contributed by atoms with Crippen molar-refractivity contribution in [1.82, 2.24) is 24.5 Å². The van der Waals surface area contributed by atoms with E-state index >= 15 is 0 Å². The maximum atomic E-state index is 13.1. The predicted molar refractivity (Wildman–Crippen MR) is 91.5 cm³/mol. The Labute approximate surface area is 146 Å². The van der Waals surface area contributed by atoms with Crippen LogP contribution in [0.1, 0.15) is 32.5 Å². The third-order valence-corrected chi connectivity index (χ3v) is 4.63. The number of anilines is 1. The standard InChI is InChI=1S/C16H19F3N6O/c1-7(2)8(3)25-6-9(13-12(15(25)26)14(20)22-21-13)10-5-11(16(17,18)19)24(4)23-10/h5-8H,1-4H3,(H3,20,21,22). The number of hydrogen-bond acceptors (Lipinski definition) is 4. The molecule has 10 heteroatoms. The molecule has 0 fully saturated rings. The van der Waals surface area contributed by atoms with Crippen LogP contribution in [0.2, 0.25) is 0 Å². The van der Waals surface area contributed by atoms with Gasteiger partial charge in [-0.2, -0.15) is 23.4 Å². The van der Waals surface area contributed by atoms with Crippen molar-refractivity contribution in [2.45, 2.75) is 33.0 Å². The molecule has 0 aromatic carbocycles. The van der Waals surface area contributed by atoms with Crippen LogP contribution in [-0.2, 0) is 13.2 Å². The Morgan fingerprint density at radius 1 is 1.27 bits per heavy atom. The topological polar surface area (TPSA) is 94.5 Å². The summed E-state index contributed by atoms with van der Waals surface area (Å²) in [6.45, 7) is 5.75. The number of aromatic nitrogens is 5. The number of aromatic amines is 1. The summed E-state index contributed by atoms with van der Waals surface area (Å²) in [6, 6.07) is 0.756. The van der Waals surface area contributed by atoms with Crippen molar-refractivity contribution in [2.75, 3.05) is 5.73 Å². The number of pyridine rings is 1. The van der Waals surface area contributed by atoms with Crippen molar-refractivity contribution >= 4 is 16.7 Å². The fourth-order valence-electron chi connectivity index (χ4n) is 2.84. The van der Waals surface area contributed by atoms with E-state index < -0.39 is 11.9 Å². The number of halogens is 3. The van der Waals surface area contributed by atoms with Gasteiger partial charge in [0.05, 0.1) is 11.2 Å². The smallest absolute Gasteiger partial charge is 0.382 e. The molecule has 0 saturated heterocycles. The van der Waals surface area contributed by atoms with Gasteiger partial charge in [-0.3, -0.25) is 14.6 Å².